The lowest BCUT2D eigenvalue weighted by Crippen LogP contribution is -2.26. The lowest BCUT2D eigenvalue weighted by atomic mass is 10.0. The molecule has 27 heavy (non-hydrogen) atoms. The first-order valence-electron chi connectivity index (χ1n) is 8.95. The molecule has 0 aliphatic carbocycles. The van der Waals surface area contributed by atoms with Gasteiger partial charge in [-0.15, -0.1) is 0 Å². The number of hydrogen-bond acceptors (Lipinski definition) is 3. The molecule has 2 aromatic carbocycles. The van der Waals surface area contributed by atoms with E-state index in [0.29, 0.717) is 10.9 Å². The minimum atomic E-state index is -0.213. The Kier molecular flexibility index (Phi) is 7.62. The minimum Gasteiger partial charge on any atom is -0.376 e. The van der Waals surface area contributed by atoms with Crippen LogP contribution in [0.3, 0.4) is 0 Å². The van der Waals surface area contributed by atoms with E-state index >= 15 is 0 Å². The van der Waals surface area contributed by atoms with Crippen molar-refractivity contribution in [3.05, 3.63) is 69.8 Å². The fourth-order valence-corrected chi connectivity index (χ4v) is 2.75. The van der Waals surface area contributed by atoms with Crippen LogP contribution < -0.4 is 10.7 Å². The van der Waals surface area contributed by atoms with Crippen LogP contribution in [-0.2, 0) is 4.79 Å². The van der Waals surface area contributed by atoms with Gasteiger partial charge in [0.15, 0.2) is 0 Å². The quantitative estimate of drug-likeness (QED) is 0.497. The molecule has 0 bridgehead atoms. The molecular weight excluding hydrogens is 358 g/mol. The average molecular weight is 384 g/mol. The number of allylic oxidation sites excluding steroid dienone is 1. The molecule has 0 atom stereocenters. The van der Waals surface area contributed by atoms with Gasteiger partial charge < -0.3 is 5.32 Å². The van der Waals surface area contributed by atoms with Gasteiger partial charge >= 0.3 is 0 Å². The zero-order valence-corrected chi connectivity index (χ0v) is 17.0. The van der Waals surface area contributed by atoms with Crippen molar-refractivity contribution in [3.8, 4) is 0 Å². The summed E-state index contributed by atoms with van der Waals surface area (Å²) in [5.74, 6) is 0.306. The topological polar surface area (TPSA) is 53.5 Å². The Morgan fingerprint density at radius 1 is 1.19 bits per heavy atom. The number of aryl methyl sites for hydroxylation is 1. The number of hydrogen-bond donors (Lipinski definition) is 2. The molecule has 0 saturated carbocycles. The predicted molar refractivity (Wildman–Crippen MR) is 115 cm³/mol. The molecule has 1 amide bonds. The first kappa shape index (κ1) is 20.7. The van der Waals surface area contributed by atoms with Gasteiger partial charge in [0, 0.05) is 10.7 Å². The molecule has 142 valence electrons. The van der Waals surface area contributed by atoms with Crippen molar-refractivity contribution in [3.63, 3.8) is 0 Å². The molecule has 0 spiro atoms. The maximum atomic E-state index is 11.9. The van der Waals surface area contributed by atoms with Crippen LogP contribution in [0.15, 0.2) is 53.1 Å². The van der Waals surface area contributed by atoms with Gasteiger partial charge in [-0.05, 0) is 60.2 Å². The van der Waals surface area contributed by atoms with E-state index in [1.165, 1.54) is 5.56 Å². The summed E-state index contributed by atoms with van der Waals surface area (Å²) in [7, 11) is 0. The zero-order valence-electron chi connectivity index (χ0n) is 16.2. The average Bonchev–Trinajstić information content (AvgIpc) is 2.61. The Morgan fingerprint density at radius 2 is 1.89 bits per heavy atom. The number of nitrogens with zero attached hydrogens (tertiary/aromatic N) is 1. The fraction of sp³-hybridized carbons (Fsp3) is 0.273. The van der Waals surface area contributed by atoms with Crippen LogP contribution in [0.25, 0.3) is 6.08 Å². The third kappa shape index (κ3) is 6.91. The number of hydrazone groups is 1. The zero-order chi connectivity index (χ0) is 19.8. The highest BCUT2D eigenvalue weighted by atomic mass is 35.5. The third-order valence-corrected chi connectivity index (χ3v) is 4.32. The Balaban J connectivity index is 1.83. The summed E-state index contributed by atoms with van der Waals surface area (Å²) >= 11 is 5.93. The molecule has 0 aliphatic rings. The van der Waals surface area contributed by atoms with Gasteiger partial charge in [-0.1, -0.05) is 55.8 Å². The van der Waals surface area contributed by atoms with Crippen LogP contribution in [0.5, 0.6) is 0 Å². The van der Waals surface area contributed by atoms with Crippen molar-refractivity contribution in [2.24, 2.45) is 5.10 Å². The molecule has 0 aromatic heterocycles. The van der Waals surface area contributed by atoms with Crippen LogP contribution >= 0.6 is 11.6 Å². The first-order valence-corrected chi connectivity index (χ1v) is 9.33. The molecular formula is C22H26ClN3O. The van der Waals surface area contributed by atoms with Gasteiger partial charge in [-0.3, -0.25) is 4.79 Å². The summed E-state index contributed by atoms with van der Waals surface area (Å²) in [6, 6.07) is 13.9. The van der Waals surface area contributed by atoms with E-state index < -0.39 is 0 Å². The molecule has 2 N–H and O–H groups in total. The lowest BCUT2D eigenvalue weighted by molar-refractivity contribution is -0.119. The number of carbonyl (C=O) groups is 1. The molecule has 2 rings (SSSR count). The van der Waals surface area contributed by atoms with Gasteiger partial charge in [0.25, 0.3) is 5.91 Å². The molecule has 0 saturated heterocycles. The first-order chi connectivity index (χ1) is 12.8. The number of amides is 1. The largest absolute Gasteiger partial charge is 0.376 e. The van der Waals surface area contributed by atoms with Crippen molar-refractivity contribution in [1.82, 2.24) is 5.43 Å². The Hall–Kier alpha value is -2.59. The highest BCUT2D eigenvalue weighted by molar-refractivity contribution is 6.30. The summed E-state index contributed by atoms with van der Waals surface area (Å²) in [6.45, 7) is 8.37. The number of nitrogens with one attached hydrogen (secondary N) is 2. The van der Waals surface area contributed by atoms with Crippen LogP contribution in [0, 0.1) is 6.92 Å². The van der Waals surface area contributed by atoms with Gasteiger partial charge in [-0.25, -0.2) is 5.43 Å². The summed E-state index contributed by atoms with van der Waals surface area (Å²) in [4.78, 5) is 11.9. The number of anilines is 1. The summed E-state index contributed by atoms with van der Waals surface area (Å²) in [5, 5.41) is 7.76. The van der Waals surface area contributed by atoms with Gasteiger partial charge in [0.2, 0.25) is 0 Å². The molecule has 0 aliphatic heterocycles. The number of carbonyl (C=O) groups excluding carboxylic acids is 1. The smallest absolute Gasteiger partial charge is 0.259 e. The third-order valence-electron chi connectivity index (χ3n) is 4.08. The van der Waals surface area contributed by atoms with E-state index in [2.05, 4.69) is 54.0 Å². The van der Waals surface area contributed by atoms with Crippen molar-refractivity contribution < 1.29 is 4.79 Å². The maximum Gasteiger partial charge on any atom is 0.259 e. The van der Waals surface area contributed by atoms with Crippen molar-refractivity contribution in [2.45, 2.75) is 33.6 Å². The van der Waals surface area contributed by atoms with E-state index in [9.17, 15) is 4.79 Å². The minimum absolute atomic E-state index is 0.138. The summed E-state index contributed by atoms with van der Waals surface area (Å²) < 4.78 is 0. The predicted octanol–water partition coefficient (Wildman–Crippen LogP) is 5.39. The van der Waals surface area contributed by atoms with Crippen LogP contribution in [-0.4, -0.2) is 18.7 Å². The Bertz CT molecular complexity index is 839. The van der Waals surface area contributed by atoms with Gasteiger partial charge in [0.05, 0.1) is 12.8 Å². The Morgan fingerprint density at radius 3 is 2.52 bits per heavy atom. The van der Waals surface area contributed by atoms with E-state index in [1.54, 1.807) is 12.3 Å². The van der Waals surface area contributed by atoms with Crippen LogP contribution in [0.4, 0.5) is 5.69 Å². The molecule has 5 heteroatoms. The molecule has 0 unspecified atom stereocenters. The van der Waals surface area contributed by atoms with Gasteiger partial charge in [-0.2, -0.15) is 5.10 Å². The molecule has 0 radical (unpaired) electrons. The summed E-state index contributed by atoms with van der Waals surface area (Å²) in [6.07, 6.45) is 3.66. The number of benzene rings is 2. The van der Waals surface area contributed by atoms with Crippen molar-refractivity contribution >= 4 is 35.5 Å². The monoisotopic (exact) mass is 383 g/mol. The lowest BCUT2D eigenvalue weighted by Gasteiger charge is -2.08. The highest BCUT2D eigenvalue weighted by Crippen LogP contribution is 2.19. The van der Waals surface area contributed by atoms with E-state index in [-0.39, 0.29) is 12.5 Å². The maximum absolute atomic E-state index is 11.9. The SMILES string of the molecule is CC(C=NNC(=O)CNc1ccc(Cl)cc1C)=Cc1ccc(C(C)C)cc1. The van der Waals surface area contributed by atoms with E-state index in [1.807, 2.05) is 32.1 Å². The van der Waals surface area contributed by atoms with Crippen molar-refractivity contribution in [1.29, 1.82) is 0 Å². The number of halogens is 1. The van der Waals surface area contributed by atoms with Crippen molar-refractivity contribution in [2.75, 3.05) is 11.9 Å². The second kappa shape index (κ2) is 9.93. The highest BCUT2D eigenvalue weighted by Gasteiger charge is 2.02. The van der Waals surface area contributed by atoms with Gasteiger partial charge in [0.1, 0.15) is 0 Å². The normalized spacial score (nSPS) is 11.9. The van der Waals surface area contributed by atoms with Crippen LogP contribution in [0.1, 0.15) is 43.4 Å². The fourth-order valence-electron chi connectivity index (χ4n) is 2.52. The second-order valence-corrected chi connectivity index (χ2v) is 7.25. The van der Waals surface area contributed by atoms with E-state index in [0.717, 1.165) is 22.4 Å². The van der Waals surface area contributed by atoms with Crippen LogP contribution in [0.2, 0.25) is 5.02 Å². The molecule has 2 aromatic rings. The Labute approximate surface area is 166 Å². The van der Waals surface area contributed by atoms with E-state index in [4.69, 9.17) is 11.6 Å². The molecule has 0 fully saturated rings. The molecule has 0 heterocycles. The second-order valence-electron chi connectivity index (χ2n) is 6.82. The standard InChI is InChI=1S/C22H26ClN3O/c1-15(2)19-7-5-18(6-8-19)11-16(3)13-25-26-22(27)14-24-21-10-9-20(23)12-17(21)4/h5-13,15,24H,14H2,1-4H3,(H,26,27). The number of rotatable bonds is 7. The summed E-state index contributed by atoms with van der Waals surface area (Å²) in [5.41, 5.74) is 7.76. The molecule has 4 nitrogen and oxygen atoms in total.